The zero-order valence-electron chi connectivity index (χ0n) is 8.42. The summed E-state index contributed by atoms with van der Waals surface area (Å²) in [6, 6.07) is 1.93. The number of alkyl halides is 1. The summed E-state index contributed by atoms with van der Waals surface area (Å²) < 4.78 is 6.88. The van der Waals surface area contributed by atoms with E-state index < -0.39 is 0 Å². The van der Waals surface area contributed by atoms with E-state index in [1.54, 1.807) is 0 Å². The number of ether oxygens (including phenoxy) is 1. The van der Waals surface area contributed by atoms with Crippen LogP contribution in [0.2, 0.25) is 0 Å². The van der Waals surface area contributed by atoms with Gasteiger partial charge in [0.25, 0.3) is 0 Å². The van der Waals surface area contributed by atoms with Crippen LogP contribution >= 0.6 is 15.9 Å². The second kappa shape index (κ2) is 5.20. The highest BCUT2D eigenvalue weighted by atomic mass is 79.9. The maximum absolute atomic E-state index is 11.6. The number of hydrogen-bond donors (Lipinski definition) is 0. The molecule has 0 aliphatic heterocycles. The molecule has 1 heterocycles. The molecule has 3 nitrogen and oxygen atoms in total. The van der Waals surface area contributed by atoms with Crippen molar-refractivity contribution in [3.63, 3.8) is 0 Å². The molecule has 0 aliphatic carbocycles. The molecule has 0 aliphatic rings. The lowest BCUT2D eigenvalue weighted by Gasteiger charge is -2.07. The average molecular weight is 260 g/mol. The number of rotatable bonds is 4. The first-order valence-corrected chi connectivity index (χ1v) is 5.71. The van der Waals surface area contributed by atoms with Gasteiger partial charge in [0.05, 0.1) is 6.61 Å². The minimum absolute atomic E-state index is 0.240. The van der Waals surface area contributed by atoms with Crippen molar-refractivity contribution in [3.05, 3.63) is 23.5 Å². The molecule has 1 rings (SSSR count). The van der Waals surface area contributed by atoms with Crippen LogP contribution < -0.4 is 0 Å². The fraction of sp³-hybridized carbons (Fsp3) is 0.500. The predicted molar refractivity (Wildman–Crippen MR) is 58.9 cm³/mol. The van der Waals surface area contributed by atoms with E-state index in [1.165, 1.54) is 0 Å². The molecule has 0 saturated heterocycles. The third-order valence-corrected chi connectivity index (χ3v) is 2.31. The van der Waals surface area contributed by atoms with Crippen molar-refractivity contribution in [2.24, 2.45) is 0 Å². The molecule has 1 aromatic rings. The van der Waals surface area contributed by atoms with Crippen molar-refractivity contribution >= 4 is 21.9 Å². The van der Waals surface area contributed by atoms with E-state index in [1.807, 2.05) is 30.7 Å². The maximum atomic E-state index is 11.6. The monoisotopic (exact) mass is 259 g/mol. The number of aryl methyl sites for hydroxylation is 2. The summed E-state index contributed by atoms with van der Waals surface area (Å²) in [5.74, 6) is -0.240. The van der Waals surface area contributed by atoms with E-state index in [9.17, 15) is 4.79 Å². The zero-order valence-corrected chi connectivity index (χ0v) is 10.0. The largest absolute Gasteiger partial charge is 0.461 e. The van der Waals surface area contributed by atoms with Gasteiger partial charge in [-0.05, 0) is 25.5 Å². The molecule has 0 unspecified atom stereocenters. The fourth-order valence-electron chi connectivity index (χ4n) is 1.34. The number of carbonyl (C=O) groups is 1. The third kappa shape index (κ3) is 2.38. The molecular formula is C10H14BrNO2. The molecule has 14 heavy (non-hydrogen) atoms. The average Bonchev–Trinajstić information content (AvgIpc) is 2.48. The minimum atomic E-state index is -0.240. The van der Waals surface area contributed by atoms with Gasteiger partial charge in [0.15, 0.2) is 0 Å². The molecule has 0 radical (unpaired) electrons. The minimum Gasteiger partial charge on any atom is -0.461 e. The van der Waals surface area contributed by atoms with Gasteiger partial charge >= 0.3 is 5.97 Å². The maximum Gasteiger partial charge on any atom is 0.355 e. The Morgan fingerprint density at radius 2 is 2.36 bits per heavy atom. The zero-order chi connectivity index (χ0) is 10.6. The molecule has 0 fully saturated rings. The van der Waals surface area contributed by atoms with Crippen LogP contribution in [0.25, 0.3) is 0 Å². The lowest BCUT2D eigenvalue weighted by atomic mass is 10.3. The molecule has 0 spiro atoms. The van der Waals surface area contributed by atoms with Crippen LogP contribution in [0.15, 0.2) is 12.3 Å². The number of esters is 1. The van der Waals surface area contributed by atoms with Crippen molar-refractivity contribution in [2.45, 2.75) is 20.4 Å². The first-order valence-electron chi connectivity index (χ1n) is 4.59. The molecule has 0 amide bonds. The molecule has 0 bridgehead atoms. The summed E-state index contributed by atoms with van der Waals surface area (Å²) in [5.41, 5.74) is 1.62. The number of halogens is 1. The summed E-state index contributed by atoms with van der Waals surface area (Å²) in [7, 11) is 0. The van der Waals surface area contributed by atoms with Crippen LogP contribution in [-0.2, 0) is 11.3 Å². The van der Waals surface area contributed by atoms with Crippen molar-refractivity contribution < 1.29 is 9.53 Å². The molecule has 0 aromatic carbocycles. The summed E-state index contributed by atoms with van der Waals surface area (Å²) in [5, 5.41) is 0.827. The van der Waals surface area contributed by atoms with E-state index in [4.69, 9.17) is 4.74 Å². The van der Waals surface area contributed by atoms with Gasteiger partial charge in [0.1, 0.15) is 5.69 Å². The van der Waals surface area contributed by atoms with Crippen LogP contribution in [0.4, 0.5) is 0 Å². The number of nitrogens with zero attached hydrogens (tertiary/aromatic N) is 1. The van der Waals surface area contributed by atoms with E-state index in [-0.39, 0.29) is 5.97 Å². The van der Waals surface area contributed by atoms with Crippen LogP contribution in [0, 0.1) is 6.92 Å². The second-order valence-electron chi connectivity index (χ2n) is 2.95. The highest BCUT2D eigenvalue weighted by molar-refractivity contribution is 9.09. The topological polar surface area (TPSA) is 31.2 Å². The van der Waals surface area contributed by atoms with Crippen LogP contribution in [0.3, 0.4) is 0 Å². The number of hydrogen-bond acceptors (Lipinski definition) is 2. The second-order valence-corrected chi connectivity index (χ2v) is 3.74. The van der Waals surface area contributed by atoms with Gasteiger partial charge in [0.2, 0.25) is 0 Å². The summed E-state index contributed by atoms with van der Waals surface area (Å²) >= 11 is 3.34. The number of carbonyl (C=O) groups excluding carboxylic acids is 1. The lowest BCUT2D eigenvalue weighted by Crippen LogP contribution is -2.13. The molecular weight excluding hydrogens is 246 g/mol. The van der Waals surface area contributed by atoms with Gasteiger partial charge in [-0.15, -0.1) is 0 Å². The Balaban J connectivity index is 2.92. The molecule has 4 heteroatoms. The fourth-order valence-corrected chi connectivity index (χ4v) is 1.72. The molecule has 1 aromatic heterocycles. The Morgan fingerprint density at radius 3 is 2.93 bits per heavy atom. The van der Waals surface area contributed by atoms with Crippen LogP contribution in [0.1, 0.15) is 23.0 Å². The highest BCUT2D eigenvalue weighted by Gasteiger charge is 2.14. The normalized spacial score (nSPS) is 10.2. The Bertz CT molecular complexity index is 320. The van der Waals surface area contributed by atoms with Gasteiger partial charge in [-0.2, -0.15) is 0 Å². The first-order chi connectivity index (χ1) is 6.70. The predicted octanol–water partition coefficient (Wildman–Crippen LogP) is 2.37. The Hall–Kier alpha value is -0.770. The van der Waals surface area contributed by atoms with Gasteiger partial charge in [-0.3, -0.25) is 0 Å². The smallest absolute Gasteiger partial charge is 0.355 e. The van der Waals surface area contributed by atoms with E-state index in [2.05, 4.69) is 15.9 Å². The SMILES string of the molecule is CCOC(=O)c1c(C)ccn1CCBr. The van der Waals surface area contributed by atoms with Gasteiger partial charge in [-0.25, -0.2) is 4.79 Å². The quantitative estimate of drug-likeness (QED) is 0.614. The van der Waals surface area contributed by atoms with Gasteiger partial charge in [-0.1, -0.05) is 15.9 Å². The van der Waals surface area contributed by atoms with Gasteiger partial charge in [0, 0.05) is 18.1 Å². The van der Waals surface area contributed by atoms with Crippen LogP contribution in [0.5, 0.6) is 0 Å². The number of aromatic nitrogens is 1. The van der Waals surface area contributed by atoms with E-state index in [0.717, 1.165) is 17.4 Å². The first kappa shape index (κ1) is 11.3. The van der Waals surface area contributed by atoms with E-state index >= 15 is 0 Å². The highest BCUT2D eigenvalue weighted by Crippen LogP contribution is 2.11. The summed E-state index contributed by atoms with van der Waals surface area (Å²) in [4.78, 5) is 11.6. The van der Waals surface area contributed by atoms with Crippen molar-refractivity contribution in [3.8, 4) is 0 Å². The molecule has 0 N–H and O–H groups in total. The molecule has 78 valence electrons. The van der Waals surface area contributed by atoms with Crippen molar-refractivity contribution in [1.82, 2.24) is 4.57 Å². The Morgan fingerprint density at radius 1 is 1.64 bits per heavy atom. The summed E-state index contributed by atoms with van der Waals surface area (Å²) in [6.45, 7) is 4.92. The standard InChI is InChI=1S/C10H14BrNO2/c1-3-14-10(13)9-8(2)4-6-12(9)7-5-11/h4,6H,3,5,7H2,1-2H3. The van der Waals surface area contributed by atoms with Gasteiger partial charge < -0.3 is 9.30 Å². The summed E-state index contributed by atoms with van der Waals surface area (Å²) in [6.07, 6.45) is 1.91. The third-order valence-electron chi connectivity index (χ3n) is 1.96. The van der Waals surface area contributed by atoms with E-state index in [0.29, 0.717) is 12.3 Å². The van der Waals surface area contributed by atoms with Crippen molar-refractivity contribution in [2.75, 3.05) is 11.9 Å². The Labute approximate surface area is 92.2 Å². The van der Waals surface area contributed by atoms with Crippen LogP contribution in [-0.4, -0.2) is 22.5 Å². The Kier molecular flexibility index (Phi) is 4.20. The molecule has 0 atom stereocenters. The van der Waals surface area contributed by atoms with Crippen molar-refractivity contribution in [1.29, 1.82) is 0 Å². The molecule has 0 saturated carbocycles. The lowest BCUT2D eigenvalue weighted by molar-refractivity contribution is 0.0513.